The van der Waals surface area contributed by atoms with Crippen molar-refractivity contribution in [2.75, 3.05) is 0 Å². The first-order chi connectivity index (χ1) is 12.2. The fraction of sp³-hybridized carbons (Fsp3) is 0.286. The monoisotopic (exact) mass is 354 g/mol. The van der Waals surface area contributed by atoms with Crippen LogP contribution in [0.5, 0.6) is 0 Å². The molecule has 2 aromatic carbocycles. The number of aryl methyl sites for hydroxylation is 1. The lowest BCUT2D eigenvalue weighted by atomic mass is 9.87. The number of ether oxygens (including phenoxy) is 1. The molecule has 0 spiro atoms. The number of benzene rings is 2. The summed E-state index contributed by atoms with van der Waals surface area (Å²) in [4.78, 5) is 12.7. The third-order valence-corrected chi connectivity index (χ3v) is 4.05. The van der Waals surface area contributed by atoms with Crippen molar-refractivity contribution in [2.24, 2.45) is 5.92 Å². The zero-order valence-electron chi connectivity index (χ0n) is 15.4. The highest BCUT2D eigenvalue weighted by atomic mass is 19.1. The summed E-state index contributed by atoms with van der Waals surface area (Å²) in [6.07, 6.45) is 0.563. The molecule has 2 aromatic rings. The molecular formula is C21H23FN2O2. The number of ketones is 1. The van der Waals surface area contributed by atoms with E-state index >= 15 is 0 Å². The molecule has 0 fully saturated rings. The number of hydrogen-bond acceptors (Lipinski definition) is 4. The van der Waals surface area contributed by atoms with Crippen LogP contribution in [0.3, 0.4) is 0 Å². The maximum Gasteiger partial charge on any atom is 0.220 e. The summed E-state index contributed by atoms with van der Waals surface area (Å²) in [5.74, 6) is -0.785. The lowest BCUT2D eigenvalue weighted by Gasteiger charge is -2.16. The van der Waals surface area contributed by atoms with E-state index in [0.717, 1.165) is 0 Å². The predicted octanol–water partition coefficient (Wildman–Crippen LogP) is 5.23. The highest BCUT2D eigenvalue weighted by molar-refractivity contribution is 6.05. The Morgan fingerprint density at radius 3 is 2.27 bits per heavy atom. The number of halogens is 1. The molecule has 0 heterocycles. The fourth-order valence-corrected chi connectivity index (χ4v) is 2.76. The van der Waals surface area contributed by atoms with Gasteiger partial charge in [0, 0.05) is 24.0 Å². The molecule has 0 aliphatic carbocycles. The molecule has 26 heavy (non-hydrogen) atoms. The molecule has 5 heteroatoms. The minimum atomic E-state index is -0.378. The quantitative estimate of drug-likeness (QED) is 0.438. The van der Waals surface area contributed by atoms with Crippen molar-refractivity contribution in [3.05, 3.63) is 58.9 Å². The highest BCUT2D eigenvalue weighted by Gasteiger charge is 2.21. The van der Waals surface area contributed by atoms with Crippen LogP contribution in [0.1, 0.15) is 49.2 Å². The van der Waals surface area contributed by atoms with Crippen molar-refractivity contribution in [2.45, 2.75) is 34.1 Å². The summed E-state index contributed by atoms with van der Waals surface area (Å²) in [6, 6.07) is 9.61. The predicted molar refractivity (Wildman–Crippen MR) is 102 cm³/mol. The average Bonchev–Trinajstić information content (AvgIpc) is 2.59. The molecule has 0 aliphatic rings. The van der Waals surface area contributed by atoms with E-state index in [1.54, 1.807) is 24.3 Å². The van der Waals surface area contributed by atoms with E-state index in [0.29, 0.717) is 34.2 Å². The Kier molecular flexibility index (Phi) is 6.03. The van der Waals surface area contributed by atoms with E-state index in [2.05, 4.69) is 0 Å². The summed E-state index contributed by atoms with van der Waals surface area (Å²) >= 11 is 0. The molecule has 2 N–H and O–H groups in total. The Balaban J connectivity index is 2.54. The van der Waals surface area contributed by atoms with E-state index < -0.39 is 0 Å². The molecule has 0 radical (unpaired) electrons. The molecule has 136 valence electrons. The Morgan fingerprint density at radius 2 is 1.77 bits per heavy atom. The number of Topliss-reactive ketones (excluding diaryl/α,β-unsaturated/α-hetero) is 1. The van der Waals surface area contributed by atoms with Gasteiger partial charge >= 0.3 is 0 Å². The van der Waals surface area contributed by atoms with Crippen molar-refractivity contribution >= 4 is 17.6 Å². The molecule has 0 unspecified atom stereocenters. The lowest BCUT2D eigenvalue weighted by Crippen LogP contribution is -2.13. The van der Waals surface area contributed by atoms with Crippen LogP contribution in [0.4, 0.5) is 4.39 Å². The van der Waals surface area contributed by atoms with Gasteiger partial charge in [-0.15, -0.1) is 0 Å². The van der Waals surface area contributed by atoms with Crippen LogP contribution in [0, 0.1) is 22.6 Å². The molecule has 2 rings (SSSR count). The topological polar surface area (TPSA) is 74.0 Å². The van der Waals surface area contributed by atoms with E-state index in [9.17, 15) is 9.18 Å². The standard InChI is InChI=1S/C21H23FN2O2/c1-5-14-10-17(22)11-18(19(14)20(25)12(2)3)15-6-8-16(9-7-15)21(24)26-13(4)23/h6-12,23-24H,5H2,1-4H3. The number of carbonyl (C=O) groups excluding carboxylic acids is 1. The van der Waals surface area contributed by atoms with Gasteiger partial charge in [-0.1, -0.05) is 32.9 Å². The number of hydrogen-bond donors (Lipinski definition) is 2. The van der Waals surface area contributed by atoms with Crippen molar-refractivity contribution in [3.8, 4) is 11.1 Å². The zero-order chi connectivity index (χ0) is 19.4. The Bertz CT molecular complexity index is 855. The van der Waals surface area contributed by atoms with Gasteiger partial charge in [0.25, 0.3) is 0 Å². The van der Waals surface area contributed by atoms with Crippen LogP contribution in [-0.4, -0.2) is 17.6 Å². The first-order valence-corrected chi connectivity index (χ1v) is 8.53. The largest absolute Gasteiger partial charge is 0.426 e. The van der Waals surface area contributed by atoms with Crippen molar-refractivity contribution in [3.63, 3.8) is 0 Å². The Labute approximate surface area is 153 Å². The van der Waals surface area contributed by atoms with Gasteiger partial charge in [0.2, 0.25) is 5.90 Å². The molecule has 0 atom stereocenters. The van der Waals surface area contributed by atoms with Crippen LogP contribution >= 0.6 is 0 Å². The minimum Gasteiger partial charge on any atom is -0.426 e. The van der Waals surface area contributed by atoms with Gasteiger partial charge in [0.05, 0.1) is 0 Å². The molecule has 0 bridgehead atoms. The van der Waals surface area contributed by atoms with E-state index in [4.69, 9.17) is 15.6 Å². The van der Waals surface area contributed by atoms with Crippen LogP contribution < -0.4 is 0 Å². The molecule has 0 amide bonds. The molecule has 0 saturated carbocycles. The Morgan fingerprint density at radius 1 is 1.15 bits per heavy atom. The SMILES string of the molecule is CCc1cc(F)cc(-c2ccc(C(=N)OC(C)=N)cc2)c1C(=O)C(C)C. The molecule has 0 aliphatic heterocycles. The van der Waals surface area contributed by atoms with Crippen LogP contribution in [0.2, 0.25) is 0 Å². The second-order valence-electron chi connectivity index (χ2n) is 6.42. The summed E-state index contributed by atoms with van der Waals surface area (Å²) in [7, 11) is 0. The maximum atomic E-state index is 14.1. The van der Waals surface area contributed by atoms with E-state index in [1.807, 2.05) is 20.8 Å². The van der Waals surface area contributed by atoms with Gasteiger partial charge in [-0.3, -0.25) is 15.6 Å². The molecule has 0 saturated heterocycles. The summed E-state index contributed by atoms with van der Waals surface area (Å²) in [5, 5.41) is 15.1. The average molecular weight is 354 g/mol. The third kappa shape index (κ3) is 4.23. The first kappa shape index (κ1) is 19.5. The number of carbonyl (C=O) groups is 1. The van der Waals surface area contributed by atoms with Crippen molar-refractivity contribution in [1.29, 1.82) is 10.8 Å². The van der Waals surface area contributed by atoms with Gasteiger partial charge in [-0.05, 0) is 47.4 Å². The fourth-order valence-electron chi connectivity index (χ4n) is 2.76. The van der Waals surface area contributed by atoms with Gasteiger partial charge in [-0.25, -0.2) is 4.39 Å². The normalized spacial score (nSPS) is 10.7. The molecular weight excluding hydrogens is 331 g/mol. The zero-order valence-corrected chi connectivity index (χ0v) is 15.4. The van der Waals surface area contributed by atoms with E-state index in [-0.39, 0.29) is 29.3 Å². The van der Waals surface area contributed by atoms with Crippen LogP contribution in [0.15, 0.2) is 36.4 Å². The summed E-state index contributed by atoms with van der Waals surface area (Å²) in [6.45, 7) is 7.01. The van der Waals surface area contributed by atoms with Gasteiger partial charge in [0.1, 0.15) is 5.82 Å². The minimum absolute atomic E-state index is 0.0172. The molecule has 0 aromatic heterocycles. The van der Waals surface area contributed by atoms with Crippen molar-refractivity contribution < 1.29 is 13.9 Å². The number of rotatable bonds is 5. The maximum absolute atomic E-state index is 14.1. The van der Waals surface area contributed by atoms with Crippen molar-refractivity contribution in [1.82, 2.24) is 0 Å². The molecule has 4 nitrogen and oxygen atoms in total. The summed E-state index contributed by atoms with van der Waals surface area (Å²) < 4.78 is 19.1. The second-order valence-corrected chi connectivity index (χ2v) is 6.42. The summed E-state index contributed by atoms with van der Waals surface area (Å²) in [5.41, 5.74) is 3.01. The smallest absolute Gasteiger partial charge is 0.220 e. The van der Waals surface area contributed by atoms with Gasteiger partial charge in [-0.2, -0.15) is 0 Å². The lowest BCUT2D eigenvalue weighted by molar-refractivity contribution is 0.0939. The van der Waals surface area contributed by atoms with Crippen LogP contribution in [0.25, 0.3) is 11.1 Å². The second kappa shape index (κ2) is 8.04. The highest BCUT2D eigenvalue weighted by Crippen LogP contribution is 2.30. The van der Waals surface area contributed by atoms with Gasteiger partial charge < -0.3 is 4.74 Å². The van der Waals surface area contributed by atoms with Crippen LogP contribution in [-0.2, 0) is 11.2 Å². The van der Waals surface area contributed by atoms with Gasteiger partial charge in [0.15, 0.2) is 11.7 Å². The first-order valence-electron chi connectivity index (χ1n) is 8.53. The number of nitrogens with one attached hydrogen (secondary N) is 2. The van der Waals surface area contributed by atoms with E-state index in [1.165, 1.54) is 19.1 Å². The Hall–Kier alpha value is -2.82. The third-order valence-electron chi connectivity index (χ3n) is 4.05.